The molecule has 1 heterocycles. The minimum Gasteiger partial charge on any atom is -0.339 e. The highest BCUT2D eigenvalue weighted by molar-refractivity contribution is 6.33. The molecular formula is C11H12ClN5. The molecule has 0 unspecified atom stereocenters. The molecular weight excluding hydrogens is 238 g/mol. The van der Waals surface area contributed by atoms with E-state index in [4.69, 9.17) is 17.4 Å². The van der Waals surface area contributed by atoms with E-state index in [1.165, 1.54) is 6.33 Å². The summed E-state index contributed by atoms with van der Waals surface area (Å²) in [6.45, 7) is 1.87. The van der Waals surface area contributed by atoms with E-state index in [0.717, 1.165) is 11.3 Å². The third kappa shape index (κ3) is 2.46. The zero-order valence-electron chi connectivity index (χ0n) is 9.24. The molecule has 5 nitrogen and oxygen atoms in total. The lowest BCUT2D eigenvalue weighted by molar-refractivity contribution is 1.11. The number of para-hydroxylation sites is 1. The lowest BCUT2D eigenvalue weighted by atomic mass is 10.2. The van der Waals surface area contributed by atoms with Crippen molar-refractivity contribution in [3.8, 4) is 0 Å². The van der Waals surface area contributed by atoms with E-state index in [9.17, 15) is 0 Å². The van der Waals surface area contributed by atoms with Gasteiger partial charge >= 0.3 is 0 Å². The van der Waals surface area contributed by atoms with Crippen LogP contribution in [0.5, 0.6) is 0 Å². The summed E-state index contributed by atoms with van der Waals surface area (Å²) in [6.07, 6.45) is 1.43. The van der Waals surface area contributed by atoms with Crippen LogP contribution < -0.4 is 16.6 Å². The van der Waals surface area contributed by atoms with Gasteiger partial charge in [0.25, 0.3) is 0 Å². The summed E-state index contributed by atoms with van der Waals surface area (Å²) in [5.41, 5.74) is 4.13. The first-order valence-electron chi connectivity index (χ1n) is 5.02. The van der Waals surface area contributed by atoms with Gasteiger partial charge in [-0.2, -0.15) is 0 Å². The molecule has 1 aromatic heterocycles. The fourth-order valence-electron chi connectivity index (χ4n) is 1.41. The Morgan fingerprint density at radius 3 is 2.59 bits per heavy atom. The van der Waals surface area contributed by atoms with Gasteiger partial charge in [-0.15, -0.1) is 0 Å². The van der Waals surface area contributed by atoms with Gasteiger partial charge in [0.1, 0.15) is 18.0 Å². The summed E-state index contributed by atoms with van der Waals surface area (Å²) in [7, 11) is 0. The molecule has 88 valence electrons. The maximum absolute atomic E-state index is 6.05. The van der Waals surface area contributed by atoms with Gasteiger partial charge in [-0.25, -0.2) is 15.8 Å². The normalized spacial score (nSPS) is 10.1. The van der Waals surface area contributed by atoms with E-state index in [-0.39, 0.29) is 0 Å². The first-order chi connectivity index (χ1) is 8.22. The topological polar surface area (TPSA) is 75.9 Å². The van der Waals surface area contributed by atoms with Crippen LogP contribution in [0.4, 0.5) is 17.3 Å². The van der Waals surface area contributed by atoms with E-state index < -0.39 is 0 Å². The van der Waals surface area contributed by atoms with Crippen LogP contribution in [0.2, 0.25) is 5.02 Å². The number of rotatable bonds is 3. The molecule has 0 bridgehead atoms. The van der Waals surface area contributed by atoms with E-state index in [1.54, 1.807) is 0 Å². The smallest absolute Gasteiger partial charge is 0.148 e. The van der Waals surface area contributed by atoms with Gasteiger partial charge in [-0.1, -0.05) is 23.7 Å². The van der Waals surface area contributed by atoms with Crippen LogP contribution in [-0.2, 0) is 0 Å². The van der Waals surface area contributed by atoms with Crippen molar-refractivity contribution in [2.75, 3.05) is 10.7 Å². The van der Waals surface area contributed by atoms with Gasteiger partial charge in [-0.3, -0.25) is 0 Å². The number of aromatic nitrogens is 2. The van der Waals surface area contributed by atoms with E-state index in [0.29, 0.717) is 16.7 Å². The van der Waals surface area contributed by atoms with Crippen molar-refractivity contribution in [3.05, 3.63) is 41.2 Å². The van der Waals surface area contributed by atoms with Crippen molar-refractivity contribution >= 4 is 28.9 Å². The van der Waals surface area contributed by atoms with Crippen LogP contribution >= 0.6 is 11.6 Å². The summed E-state index contributed by atoms with van der Waals surface area (Å²) in [5, 5.41) is 3.77. The first kappa shape index (κ1) is 11.6. The Balaban J connectivity index is 2.34. The predicted molar refractivity (Wildman–Crippen MR) is 69.3 cm³/mol. The number of hydrogen-bond acceptors (Lipinski definition) is 5. The van der Waals surface area contributed by atoms with Crippen LogP contribution in [0, 0.1) is 6.92 Å². The lowest BCUT2D eigenvalue weighted by Crippen LogP contribution is -2.11. The molecule has 0 saturated heterocycles. The Labute approximate surface area is 104 Å². The number of hydrazine groups is 1. The third-order valence-corrected chi connectivity index (χ3v) is 2.68. The maximum Gasteiger partial charge on any atom is 0.148 e. The van der Waals surface area contributed by atoms with Crippen LogP contribution in [0.1, 0.15) is 5.56 Å². The van der Waals surface area contributed by atoms with E-state index in [2.05, 4.69) is 20.7 Å². The Bertz CT molecular complexity index is 529. The highest BCUT2D eigenvalue weighted by atomic mass is 35.5. The van der Waals surface area contributed by atoms with Crippen LogP contribution in [0.15, 0.2) is 30.6 Å². The number of nitrogens with two attached hydrogens (primary N) is 1. The second kappa shape index (κ2) is 4.99. The maximum atomic E-state index is 6.05. The highest BCUT2D eigenvalue weighted by Crippen LogP contribution is 2.26. The minimum absolute atomic E-state index is 0.578. The molecule has 0 atom stereocenters. The van der Waals surface area contributed by atoms with Gasteiger partial charge in [0.15, 0.2) is 0 Å². The number of halogens is 1. The van der Waals surface area contributed by atoms with Crippen molar-refractivity contribution in [1.82, 2.24) is 9.97 Å². The van der Waals surface area contributed by atoms with Gasteiger partial charge in [-0.05, 0) is 19.1 Å². The van der Waals surface area contributed by atoms with E-state index >= 15 is 0 Å². The molecule has 1 aromatic carbocycles. The quantitative estimate of drug-likeness (QED) is 0.576. The van der Waals surface area contributed by atoms with Gasteiger partial charge in [0, 0.05) is 5.56 Å². The van der Waals surface area contributed by atoms with Gasteiger partial charge in [0.2, 0.25) is 0 Å². The molecule has 0 radical (unpaired) electrons. The third-order valence-electron chi connectivity index (χ3n) is 2.35. The number of nitrogens with zero attached hydrogens (tertiary/aromatic N) is 2. The molecule has 0 fully saturated rings. The fourth-order valence-corrected chi connectivity index (χ4v) is 1.59. The molecule has 6 heteroatoms. The molecule has 0 aliphatic rings. The Morgan fingerprint density at radius 1 is 1.18 bits per heavy atom. The zero-order chi connectivity index (χ0) is 12.3. The monoisotopic (exact) mass is 249 g/mol. The molecule has 0 spiro atoms. The summed E-state index contributed by atoms with van der Waals surface area (Å²) in [6, 6.07) is 7.45. The van der Waals surface area contributed by atoms with Crippen molar-refractivity contribution in [2.45, 2.75) is 6.92 Å². The molecule has 0 saturated carbocycles. The summed E-state index contributed by atoms with van der Waals surface area (Å²) in [5.74, 6) is 6.59. The summed E-state index contributed by atoms with van der Waals surface area (Å²) < 4.78 is 0. The van der Waals surface area contributed by atoms with Crippen LogP contribution in [0.3, 0.4) is 0 Å². The predicted octanol–water partition coefficient (Wildman–Crippen LogP) is 2.47. The van der Waals surface area contributed by atoms with Gasteiger partial charge in [0.05, 0.1) is 10.7 Å². The van der Waals surface area contributed by atoms with Crippen molar-refractivity contribution < 1.29 is 0 Å². The largest absolute Gasteiger partial charge is 0.339 e. The van der Waals surface area contributed by atoms with Crippen LogP contribution in [0.25, 0.3) is 0 Å². The van der Waals surface area contributed by atoms with Crippen LogP contribution in [-0.4, -0.2) is 9.97 Å². The minimum atomic E-state index is 0.578. The fraction of sp³-hybridized carbons (Fsp3) is 0.0909. The second-order valence-electron chi connectivity index (χ2n) is 3.45. The van der Waals surface area contributed by atoms with Crippen molar-refractivity contribution in [3.63, 3.8) is 0 Å². The summed E-state index contributed by atoms with van der Waals surface area (Å²) in [4.78, 5) is 8.15. The van der Waals surface area contributed by atoms with Gasteiger partial charge < -0.3 is 10.7 Å². The van der Waals surface area contributed by atoms with Crippen molar-refractivity contribution in [1.29, 1.82) is 0 Å². The molecule has 0 aliphatic carbocycles. The number of hydrogen-bond donors (Lipinski definition) is 3. The molecule has 0 amide bonds. The Hall–Kier alpha value is -1.85. The number of nitrogens with one attached hydrogen (secondary N) is 2. The average molecular weight is 250 g/mol. The SMILES string of the molecule is Cc1c(NN)ncnc1Nc1ccccc1Cl. The standard InChI is InChI=1S/C11H12ClN5/c1-7-10(14-6-15-11(7)17-13)16-9-5-3-2-4-8(9)12/h2-6H,13H2,1H3,(H2,14,15,16,17). The second-order valence-corrected chi connectivity index (χ2v) is 3.85. The number of nitrogen functional groups attached to an aromatic ring is 1. The summed E-state index contributed by atoms with van der Waals surface area (Å²) >= 11 is 6.05. The lowest BCUT2D eigenvalue weighted by Gasteiger charge is -2.11. The molecule has 0 aliphatic heterocycles. The Morgan fingerprint density at radius 2 is 1.88 bits per heavy atom. The average Bonchev–Trinajstić information content (AvgIpc) is 2.34. The number of benzene rings is 1. The zero-order valence-corrected chi connectivity index (χ0v) is 9.99. The molecule has 17 heavy (non-hydrogen) atoms. The molecule has 4 N–H and O–H groups in total. The highest BCUT2D eigenvalue weighted by Gasteiger charge is 2.07. The Kier molecular flexibility index (Phi) is 3.41. The van der Waals surface area contributed by atoms with E-state index in [1.807, 2.05) is 31.2 Å². The first-order valence-corrected chi connectivity index (χ1v) is 5.40. The molecule has 2 aromatic rings. The molecule has 2 rings (SSSR count). The number of anilines is 3. The van der Waals surface area contributed by atoms with Crippen molar-refractivity contribution in [2.24, 2.45) is 5.84 Å².